The third-order valence-electron chi connectivity index (χ3n) is 2.34. The molecule has 2 N–H and O–H groups in total. The Labute approximate surface area is 121 Å². The number of nitrogens with two attached hydrogens (primary N) is 1. The van der Waals surface area contributed by atoms with Crippen LogP contribution in [0.25, 0.3) is 0 Å². The summed E-state index contributed by atoms with van der Waals surface area (Å²) in [5, 5.41) is 0. The van der Waals surface area contributed by atoms with E-state index in [-0.39, 0.29) is 6.10 Å². The Balaban J connectivity index is 2.18. The molecular formula is C16H23NO3. The highest BCUT2D eigenvalue weighted by molar-refractivity contribution is 5.39. The molecule has 0 heterocycles. The van der Waals surface area contributed by atoms with Gasteiger partial charge in [-0.2, -0.15) is 0 Å². The molecule has 1 aromatic rings. The predicted octanol–water partition coefficient (Wildman–Crippen LogP) is 1.82. The van der Waals surface area contributed by atoms with Crippen molar-refractivity contribution in [1.82, 2.24) is 0 Å². The molecule has 0 spiro atoms. The lowest BCUT2D eigenvalue weighted by Gasteiger charge is -2.09. The smallest absolute Gasteiger partial charge is 0.120 e. The summed E-state index contributed by atoms with van der Waals surface area (Å²) >= 11 is 0. The van der Waals surface area contributed by atoms with Crippen molar-refractivity contribution in [2.75, 3.05) is 33.0 Å². The molecule has 0 radical (unpaired) electrons. The zero-order chi connectivity index (χ0) is 14.6. The summed E-state index contributed by atoms with van der Waals surface area (Å²) < 4.78 is 16.4. The van der Waals surface area contributed by atoms with Gasteiger partial charge in [-0.05, 0) is 32.0 Å². The van der Waals surface area contributed by atoms with Gasteiger partial charge in [0.1, 0.15) is 12.4 Å². The number of benzene rings is 1. The maximum atomic E-state index is 5.59. The Kier molecular flexibility index (Phi) is 8.48. The molecule has 0 atom stereocenters. The number of rotatable bonds is 8. The van der Waals surface area contributed by atoms with E-state index < -0.39 is 0 Å². The highest BCUT2D eigenvalue weighted by Gasteiger charge is 1.96. The Bertz CT molecular complexity index is 435. The van der Waals surface area contributed by atoms with Crippen molar-refractivity contribution < 1.29 is 14.2 Å². The fraction of sp³-hybridized carbons (Fsp3) is 0.500. The fourth-order valence-electron chi connectivity index (χ4n) is 1.48. The van der Waals surface area contributed by atoms with Crippen molar-refractivity contribution in [3.05, 3.63) is 29.8 Å². The quantitative estimate of drug-likeness (QED) is 0.582. The molecule has 0 aliphatic heterocycles. The van der Waals surface area contributed by atoms with Gasteiger partial charge in [-0.15, -0.1) is 0 Å². The first-order valence-electron chi connectivity index (χ1n) is 6.83. The Morgan fingerprint density at radius 3 is 2.70 bits per heavy atom. The maximum Gasteiger partial charge on any atom is 0.120 e. The molecule has 1 aromatic carbocycles. The monoisotopic (exact) mass is 277 g/mol. The van der Waals surface area contributed by atoms with Gasteiger partial charge in [0.25, 0.3) is 0 Å². The topological polar surface area (TPSA) is 53.7 Å². The van der Waals surface area contributed by atoms with Crippen molar-refractivity contribution >= 4 is 0 Å². The van der Waals surface area contributed by atoms with E-state index in [0.29, 0.717) is 33.0 Å². The Morgan fingerprint density at radius 2 is 1.95 bits per heavy atom. The van der Waals surface area contributed by atoms with Crippen molar-refractivity contribution in [2.24, 2.45) is 5.73 Å². The number of ether oxygens (including phenoxy) is 3. The average molecular weight is 277 g/mol. The third-order valence-corrected chi connectivity index (χ3v) is 2.34. The van der Waals surface area contributed by atoms with E-state index in [0.717, 1.165) is 11.3 Å². The van der Waals surface area contributed by atoms with E-state index in [1.165, 1.54) is 0 Å². The first-order valence-corrected chi connectivity index (χ1v) is 6.83. The van der Waals surface area contributed by atoms with Gasteiger partial charge in [-0.1, -0.05) is 17.9 Å². The largest absolute Gasteiger partial charge is 0.491 e. The lowest BCUT2D eigenvalue weighted by molar-refractivity contribution is 0.0124. The van der Waals surface area contributed by atoms with E-state index in [2.05, 4.69) is 11.8 Å². The van der Waals surface area contributed by atoms with E-state index in [9.17, 15) is 0 Å². The van der Waals surface area contributed by atoms with E-state index >= 15 is 0 Å². The van der Waals surface area contributed by atoms with Crippen LogP contribution in [0.15, 0.2) is 24.3 Å². The fourth-order valence-corrected chi connectivity index (χ4v) is 1.48. The van der Waals surface area contributed by atoms with Crippen LogP contribution in [-0.2, 0) is 9.47 Å². The molecule has 0 aliphatic rings. The predicted molar refractivity (Wildman–Crippen MR) is 79.8 cm³/mol. The van der Waals surface area contributed by atoms with Gasteiger partial charge in [0, 0.05) is 5.56 Å². The van der Waals surface area contributed by atoms with Gasteiger partial charge < -0.3 is 19.9 Å². The third kappa shape index (κ3) is 7.80. The van der Waals surface area contributed by atoms with Gasteiger partial charge in [0.05, 0.1) is 32.5 Å². The maximum absolute atomic E-state index is 5.59. The highest BCUT2D eigenvalue weighted by atomic mass is 16.5. The molecule has 0 amide bonds. The molecule has 0 aromatic heterocycles. The highest BCUT2D eigenvalue weighted by Crippen LogP contribution is 2.12. The minimum absolute atomic E-state index is 0.243. The van der Waals surface area contributed by atoms with Gasteiger partial charge in [0.15, 0.2) is 0 Å². The van der Waals surface area contributed by atoms with Crippen LogP contribution in [0.5, 0.6) is 5.75 Å². The molecule has 4 nitrogen and oxygen atoms in total. The summed E-state index contributed by atoms with van der Waals surface area (Å²) in [6.07, 6.45) is 0.243. The van der Waals surface area contributed by atoms with Crippen LogP contribution in [-0.4, -0.2) is 39.1 Å². The normalized spacial score (nSPS) is 10.2. The number of hydrogen-bond acceptors (Lipinski definition) is 4. The second-order valence-corrected chi connectivity index (χ2v) is 4.41. The molecule has 20 heavy (non-hydrogen) atoms. The lowest BCUT2D eigenvalue weighted by atomic mass is 10.2. The van der Waals surface area contributed by atoms with Crippen LogP contribution >= 0.6 is 0 Å². The summed E-state index contributed by atoms with van der Waals surface area (Å²) in [6, 6.07) is 7.63. The van der Waals surface area contributed by atoms with Gasteiger partial charge in [-0.3, -0.25) is 0 Å². The zero-order valence-corrected chi connectivity index (χ0v) is 12.2. The van der Waals surface area contributed by atoms with Gasteiger partial charge >= 0.3 is 0 Å². The van der Waals surface area contributed by atoms with Crippen molar-refractivity contribution in [3.63, 3.8) is 0 Å². The molecular weight excluding hydrogens is 254 g/mol. The second-order valence-electron chi connectivity index (χ2n) is 4.41. The van der Waals surface area contributed by atoms with Crippen LogP contribution in [0, 0.1) is 11.8 Å². The van der Waals surface area contributed by atoms with Crippen LogP contribution < -0.4 is 10.5 Å². The molecule has 0 saturated heterocycles. The lowest BCUT2D eigenvalue weighted by Crippen LogP contribution is -2.13. The van der Waals surface area contributed by atoms with Crippen molar-refractivity contribution in [3.8, 4) is 17.6 Å². The Hall–Kier alpha value is -1.54. The second kappa shape index (κ2) is 10.3. The van der Waals surface area contributed by atoms with Crippen LogP contribution in [0.2, 0.25) is 0 Å². The first-order chi connectivity index (χ1) is 9.72. The molecule has 0 fully saturated rings. The van der Waals surface area contributed by atoms with Crippen LogP contribution in [0.3, 0.4) is 0 Å². The Morgan fingerprint density at radius 1 is 1.15 bits per heavy atom. The standard InChI is InChI=1S/C16H23NO3/c1-14(2)19-11-9-18-10-12-20-16-7-3-5-15(13-16)6-4-8-17/h3,5,7,13-14H,8-12,17H2,1-2H3. The van der Waals surface area contributed by atoms with Crippen molar-refractivity contribution in [2.45, 2.75) is 20.0 Å². The number of hydrogen-bond donors (Lipinski definition) is 1. The summed E-state index contributed by atoms with van der Waals surface area (Å²) in [6.45, 7) is 6.62. The average Bonchev–Trinajstić information content (AvgIpc) is 2.44. The van der Waals surface area contributed by atoms with Gasteiger partial charge in [0.2, 0.25) is 0 Å². The zero-order valence-electron chi connectivity index (χ0n) is 12.2. The SMILES string of the molecule is CC(C)OCCOCCOc1cccc(C#CCN)c1. The van der Waals surface area contributed by atoms with E-state index in [4.69, 9.17) is 19.9 Å². The summed E-state index contributed by atoms with van der Waals surface area (Å²) in [7, 11) is 0. The molecule has 1 rings (SSSR count). The molecule has 4 heteroatoms. The first kappa shape index (κ1) is 16.5. The molecule has 0 unspecified atom stereocenters. The molecule has 0 bridgehead atoms. The molecule has 110 valence electrons. The van der Waals surface area contributed by atoms with Crippen molar-refractivity contribution in [1.29, 1.82) is 0 Å². The van der Waals surface area contributed by atoms with E-state index in [1.54, 1.807) is 0 Å². The molecule has 0 saturated carbocycles. The van der Waals surface area contributed by atoms with E-state index in [1.807, 2.05) is 38.1 Å². The minimum atomic E-state index is 0.243. The summed E-state index contributed by atoms with van der Waals surface area (Å²) in [5.74, 6) is 6.57. The molecule has 0 aliphatic carbocycles. The summed E-state index contributed by atoms with van der Waals surface area (Å²) in [4.78, 5) is 0. The van der Waals surface area contributed by atoms with Crippen LogP contribution in [0.1, 0.15) is 19.4 Å². The van der Waals surface area contributed by atoms with Crippen LogP contribution in [0.4, 0.5) is 0 Å². The van der Waals surface area contributed by atoms with Gasteiger partial charge in [-0.25, -0.2) is 0 Å². The summed E-state index contributed by atoms with van der Waals surface area (Å²) in [5.41, 5.74) is 6.24. The minimum Gasteiger partial charge on any atom is -0.491 e.